The Bertz CT molecular complexity index is 422. The van der Waals surface area contributed by atoms with Crippen molar-refractivity contribution in [2.45, 2.75) is 44.7 Å². The van der Waals surface area contributed by atoms with E-state index in [2.05, 4.69) is 10.1 Å². The lowest BCUT2D eigenvalue weighted by Crippen LogP contribution is -2.50. The highest BCUT2D eigenvalue weighted by Crippen LogP contribution is 2.41. The predicted molar refractivity (Wildman–Crippen MR) is 57.7 cm³/mol. The molecule has 20 heavy (non-hydrogen) atoms. The van der Waals surface area contributed by atoms with Crippen LogP contribution in [0.5, 0.6) is 0 Å². The number of aromatic nitrogens is 3. The zero-order valence-electron chi connectivity index (χ0n) is 10.7. The lowest BCUT2D eigenvalue weighted by Gasteiger charge is -2.28. The van der Waals surface area contributed by atoms with Crippen molar-refractivity contribution in [2.75, 3.05) is 0 Å². The molecule has 1 rings (SSSR count). The monoisotopic (exact) mass is 304 g/mol. The summed E-state index contributed by atoms with van der Waals surface area (Å²) in [5, 5.41) is 3.74. The van der Waals surface area contributed by atoms with E-state index in [9.17, 15) is 26.3 Å². The normalized spacial score (nSPS) is 15.2. The van der Waals surface area contributed by atoms with Gasteiger partial charge < -0.3 is 5.73 Å². The number of nitrogens with zero attached hydrogens (tertiary/aromatic N) is 3. The zero-order valence-corrected chi connectivity index (χ0v) is 10.7. The average Bonchev–Trinajstić information content (AvgIpc) is 2.60. The molecule has 0 spiro atoms. The van der Waals surface area contributed by atoms with Crippen LogP contribution in [0.1, 0.15) is 25.7 Å². The van der Waals surface area contributed by atoms with Crippen LogP contribution < -0.4 is 5.73 Å². The molecule has 0 radical (unpaired) electrons. The van der Waals surface area contributed by atoms with Crippen LogP contribution in [0.15, 0.2) is 6.33 Å². The highest BCUT2D eigenvalue weighted by Gasteiger charge is 2.59. The number of hydrogen-bond donors (Lipinski definition) is 1. The van der Waals surface area contributed by atoms with Gasteiger partial charge in [-0.25, -0.2) is 9.67 Å². The Balaban J connectivity index is 2.98. The van der Waals surface area contributed by atoms with Crippen LogP contribution in [0.4, 0.5) is 26.3 Å². The van der Waals surface area contributed by atoms with E-state index in [1.807, 2.05) is 0 Å². The van der Waals surface area contributed by atoms with Gasteiger partial charge in [-0.15, -0.1) is 0 Å². The van der Waals surface area contributed by atoms with Crippen molar-refractivity contribution < 1.29 is 26.3 Å². The van der Waals surface area contributed by atoms with Gasteiger partial charge in [0.2, 0.25) is 0 Å². The quantitative estimate of drug-likeness (QED) is 0.869. The van der Waals surface area contributed by atoms with Crippen molar-refractivity contribution in [1.82, 2.24) is 14.8 Å². The molecule has 0 saturated heterocycles. The Labute approximate surface area is 111 Å². The van der Waals surface area contributed by atoms with E-state index in [1.54, 1.807) is 13.8 Å². The Morgan fingerprint density at radius 2 is 1.65 bits per heavy atom. The van der Waals surface area contributed by atoms with Crippen molar-refractivity contribution in [3.63, 3.8) is 0 Å². The smallest absolute Gasteiger partial charge is 0.326 e. The van der Waals surface area contributed by atoms with Gasteiger partial charge in [0.15, 0.2) is 5.92 Å². The van der Waals surface area contributed by atoms with E-state index in [4.69, 9.17) is 5.73 Å². The second-order valence-electron chi connectivity index (χ2n) is 4.64. The van der Waals surface area contributed by atoms with E-state index in [-0.39, 0.29) is 11.9 Å². The third-order valence-electron chi connectivity index (χ3n) is 2.69. The first-order chi connectivity index (χ1) is 8.94. The molecule has 2 N–H and O–H groups in total. The van der Waals surface area contributed by atoms with E-state index in [1.165, 1.54) is 4.68 Å². The molecule has 0 aliphatic heterocycles. The van der Waals surface area contributed by atoms with Gasteiger partial charge in [-0.2, -0.15) is 31.4 Å². The molecule has 0 aliphatic carbocycles. The number of halogens is 6. The van der Waals surface area contributed by atoms with Crippen LogP contribution >= 0.6 is 0 Å². The van der Waals surface area contributed by atoms with Crippen LogP contribution in [0, 0.1) is 5.92 Å². The molecule has 116 valence electrons. The first kappa shape index (κ1) is 16.7. The summed E-state index contributed by atoms with van der Waals surface area (Å²) in [5.74, 6) is -3.60. The van der Waals surface area contributed by atoms with Gasteiger partial charge in [0, 0.05) is 18.5 Å². The fourth-order valence-corrected chi connectivity index (χ4v) is 1.85. The van der Waals surface area contributed by atoms with Gasteiger partial charge in [0.1, 0.15) is 12.2 Å². The van der Waals surface area contributed by atoms with E-state index >= 15 is 0 Å². The maximum atomic E-state index is 12.5. The number of rotatable bonds is 4. The highest BCUT2D eigenvalue weighted by molar-refractivity contribution is 4.95. The number of alkyl halides is 6. The third kappa shape index (κ3) is 3.84. The maximum absolute atomic E-state index is 12.5. The van der Waals surface area contributed by atoms with Gasteiger partial charge >= 0.3 is 12.4 Å². The minimum Gasteiger partial charge on any atom is -0.326 e. The molecule has 0 amide bonds. The van der Waals surface area contributed by atoms with Gasteiger partial charge in [0.25, 0.3) is 0 Å². The minimum absolute atomic E-state index is 0.00833. The maximum Gasteiger partial charge on any atom is 0.402 e. The number of hydrogen-bond acceptors (Lipinski definition) is 3. The SMILES string of the molecule is CC(C)n1ncnc1CC(N)C(C(F)(F)F)C(F)(F)F. The molecule has 0 saturated carbocycles. The van der Waals surface area contributed by atoms with Crippen LogP contribution in [0.25, 0.3) is 0 Å². The van der Waals surface area contributed by atoms with Crippen molar-refractivity contribution in [1.29, 1.82) is 0 Å². The molecule has 1 atom stereocenters. The standard InChI is InChI=1S/C10H14F6N4/c1-5(2)20-7(18-4-19-20)3-6(17)8(9(11,12)13)10(14,15)16/h4-6,8H,3,17H2,1-2H3. The Hall–Kier alpha value is -1.32. The molecule has 1 aromatic heterocycles. The largest absolute Gasteiger partial charge is 0.402 e. The summed E-state index contributed by atoms with van der Waals surface area (Å²) in [6.45, 7) is 3.35. The fourth-order valence-electron chi connectivity index (χ4n) is 1.85. The second-order valence-corrected chi connectivity index (χ2v) is 4.64. The van der Waals surface area contributed by atoms with Crippen LogP contribution in [-0.4, -0.2) is 33.2 Å². The lowest BCUT2D eigenvalue weighted by atomic mass is 9.96. The Morgan fingerprint density at radius 1 is 1.15 bits per heavy atom. The second kappa shape index (κ2) is 5.58. The molecule has 1 aromatic rings. The van der Waals surface area contributed by atoms with Gasteiger partial charge in [-0.1, -0.05) is 0 Å². The predicted octanol–water partition coefficient (Wildman–Crippen LogP) is 2.47. The molecule has 4 nitrogen and oxygen atoms in total. The van der Waals surface area contributed by atoms with Crippen LogP contribution in [0.2, 0.25) is 0 Å². The summed E-state index contributed by atoms with van der Waals surface area (Å²) >= 11 is 0. The summed E-state index contributed by atoms with van der Waals surface area (Å²) in [7, 11) is 0. The summed E-state index contributed by atoms with van der Waals surface area (Å²) in [6.07, 6.45) is -10.5. The number of nitrogens with two attached hydrogens (primary N) is 1. The zero-order chi connectivity index (χ0) is 15.7. The highest BCUT2D eigenvalue weighted by atomic mass is 19.4. The summed E-state index contributed by atoms with van der Waals surface area (Å²) < 4.78 is 76.3. The molecule has 1 heterocycles. The molecule has 0 fully saturated rings. The van der Waals surface area contributed by atoms with Crippen molar-refractivity contribution in [3.8, 4) is 0 Å². The van der Waals surface area contributed by atoms with Gasteiger partial charge in [-0.3, -0.25) is 0 Å². The van der Waals surface area contributed by atoms with E-state index < -0.39 is 30.7 Å². The molecule has 10 heteroatoms. The van der Waals surface area contributed by atoms with Crippen molar-refractivity contribution in [3.05, 3.63) is 12.2 Å². The van der Waals surface area contributed by atoms with E-state index in [0.29, 0.717) is 0 Å². The lowest BCUT2D eigenvalue weighted by molar-refractivity contribution is -0.289. The molecule has 0 aromatic carbocycles. The van der Waals surface area contributed by atoms with Gasteiger partial charge in [0.05, 0.1) is 0 Å². The summed E-state index contributed by atoms with van der Waals surface area (Å²) in [6, 6.07) is -2.41. The molecule has 1 unspecified atom stereocenters. The Morgan fingerprint density at radius 3 is 2.05 bits per heavy atom. The van der Waals surface area contributed by atoms with Gasteiger partial charge in [-0.05, 0) is 13.8 Å². The Kier molecular flexibility index (Phi) is 4.67. The molecule has 0 bridgehead atoms. The first-order valence-corrected chi connectivity index (χ1v) is 5.72. The van der Waals surface area contributed by atoms with Crippen LogP contribution in [-0.2, 0) is 6.42 Å². The van der Waals surface area contributed by atoms with Crippen molar-refractivity contribution in [2.24, 2.45) is 11.7 Å². The van der Waals surface area contributed by atoms with E-state index in [0.717, 1.165) is 6.33 Å². The van der Waals surface area contributed by atoms with Crippen molar-refractivity contribution >= 4 is 0 Å². The first-order valence-electron chi connectivity index (χ1n) is 5.72. The summed E-state index contributed by atoms with van der Waals surface area (Å²) in [5.41, 5.74) is 5.13. The third-order valence-corrected chi connectivity index (χ3v) is 2.69. The minimum atomic E-state index is -5.46. The molecular formula is C10H14F6N4. The topological polar surface area (TPSA) is 56.7 Å². The molecular weight excluding hydrogens is 290 g/mol. The summed E-state index contributed by atoms with van der Waals surface area (Å²) in [4.78, 5) is 3.66. The molecule has 0 aliphatic rings. The average molecular weight is 304 g/mol. The fraction of sp³-hybridized carbons (Fsp3) is 0.800. The van der Waals surface area contributed by atoms with Crippen LogP contribution in [0.3, 0.4) is 0 Å².